The van der Waals surface area contributed by atoms with Crippen LogP contribution in [0.5, 0.6) is 0 Å². The number of hydrogen-bond donors (Lipinski definition) is 1. The molecule has 0 unspecified atom stereocenters. The number of nitrogens with one attached hydrogen (secondary N) is 1. The first-order valence-electron chi connectivity index (χ1n) is 9.78. The summed E-state index contributed by atoms with van der Waals surface area (Å²) in [6.07, 6.45) is 2.27. The number of carbonyl (C=O) groups is 3. The third kappa shape index (κ3) is 5.71. The molecule has 1 N–H and O–H groups in total. The minimum atomic E-state index is -3.60. The second kappa shape index (κ2) is 10.1. The molecule has 10 nitrogen and oxygen atoms in total. The first kappa shape index (κ1) is 24.3. The van der Waals surface area contributed by atoms with Crippen LogP contribution in [0.25, 0.3) is 0 Å². The van der Waals surface area contributed by atoms with Crippen LogP contribution in [-0.2, 0) is 19.6 Å². The number of nitrogens with zero attached hydrogens (tertiary/aromatic N) is 4. The van der Waals surface area contributed by atoms with Crippen LogP contribution in [0.3, 0.4) is 0 Å². The number of anilines is 1. The predicted octanol–water partition coefficient (Wildman–Crippen LogP) is 1.74. The number of benzene rings is 1. The molecule has 1 heterocycles. The van der Waals surface area contributed by atoms with Crippen molar-refractivity contribution in [2.75, 3.05) is 24.7 Å². The van der Waals surface area contributed by atoms with E-state index in [1.165, 1.54) is 49.7 Å². The second-order valence-corrected chi connectivity index (χ2v) is 11.5. The van der Waals surface area contributed by atoms with Gasteiger partial charge in [0.25, 0.3) is 5.91 Å². The van der Waals surface area contributed by atoms with Gasteiger partial charge in [-0.15, -0.1) is 10.2 Å². The first-order valence-corrected chi connectivity index (χ1v) is 13.0. The summed E-state index contributed by atoms with van der Waals surface area (Å²) in [5, 5.41) is 10.9. The molecule has 3 amide bonds. The lowest BCUT2D eigenvalue weighted by molar-refractivity contribution is -0.119. The van der Waals surface area contributed by atoms with Crippen LogP contribution >= 0.6 is 23.1 Å². The number of amides is 3. The largest absolute Gasteiger partial charge is 0.292 e. The van der Waals surface area contributed by atoms with Gasteiger partial charge in [0.15, 0.2) is 4.34 Å². The molecule has 1 aromatic carbocycles. The topological polar surface area (TPSA) is 130 Å². The van der Waals surface area contributed by atoms with E-state index in [0.29, 0.717) is 15.9 Å². The highest BCUT2D eigenvalue weighted by Crippen LogP contribution is 2.36. The monoisotopic (exact) mass is 497 g/mol. The van der Waals surface area contributed by atoms with Gasteiger partial charge in [-0.2, -0.15) is 0 Å². The van der Waals surface area contributed by atoms with Crippen molar-refractivity contribution in [1.82, 2.24) is 19.8 Å². The summed E-state index contributed by atoms with van der Waals surface area (Å²) in [6, 6.07) is 5.50. The van der Waals surface area contributed by atoms with Crippen LogP contribution in [0, 0.1) is 0 Å². The Kier molecular flexibility index (Phi) is 7.64. The molecular formula is C19H23N5O5S3. The molecule has 1 aromatic heterocycles. The van der Waals surface area contributed by atoms with E-state index in [0.717, 1.165) is 28.9 Å². The second-order valence-electron chi connectivity index (χ2n) is 7.18. The van der Waals surface area contributed by atoms with Crippen molar-refractivity contribution in [1.29, 1.82) is 0 Å². The Balaban J connectivity index is 1.54. The van der Waals surface area contributed by atoms with Crippen molar-refractivity contribution < 1.29 is 22.8 Å². The lowest BCUT2D eigenvalue weighted by atomic mass is 10.2. The van der Waals surface area contributed by atoms with E-state index >= 15 is 0 Å². The Hall–Kier alpha value is -2.35. The highest BCUT2D eigenvalue weighted by Gasteiger charge is 2.35. The van der Waals surface area contributed by atoms with Crippen molar-refractivity contribution in [2.45, 2.75) is 41.5 Å². The van der Waals surface area contributed by atoms with E-state index < -0.39 is 21.8 Å². The summed E-state index contributed by atoms with van der Waals surface area (Å²) >= 11 is 2.36. The minimum Gasteiger partial charge on any atom is -0.292 e. The van der Waals surface area contributed by atoms with Gasteiger partial charge in [0.05, 0.1) is 10.6 Å². The molecule has 13 heteroatoms. The van der Waals surface area contributed by atoms with Crippen molar-refractivity contribution >= 4 is 56.0 Å². The van der Waals surface area contributed by atoms with Crippen molar-refractivity contribution in [3.05, 3.63) is 29.8 Å². The zero-order valence-corrected chi connectivity index (χ0v) is 20.2. The molecule has 1 aliphatic rings. The summed E-state index contributed by atoms with van der Waals surface area (Å²) in [4.78, 5) is 38.3. The van der Waals surface area contributed by atoms with Crippen LogP contribution in [0.1, 0.15) is 36.5 Å². The number of hydrogen-bond acceptors (Lipinski definition) is 9. The number of carbonyl (C=O) groups excluding carboxylic acids is 3. The molecule has 0 aliphatic heterocycles. The van der Waals surface area contributed by atoms with E-state index in [4.69, 9.17) is 0 Å². The van der Waals surface area contributed by atoms with Gasteiger partial charge in [-0.05, 0) is 37.1 Å². The number of thioether (sulfide) groups is 1. The molecule has 0 atom stereocenters. The van der Waals surface area contributed by atoms with Crippen LogP contribution in [-0.4, -0.2) is 66.5 Å². The molecule has 2 aromatic rings. The third-order valence-electron chi connectivity index (χ3n) is 4.56. The number of rotatable bonds is 9. The number of imide groups is 1. The standard InChI is InChI=1S/C19H23N5O5S3/c1-4-16(26)24(13-7-8-13)18-21-22-19(31-18)30-11-15(25)20-17(27)12-5-9-14(10-6-12)32(28,29)23(2)3/h5-6,9-10,13H,4,7-8,11H2,1-3H3,(H,20,25,27). The van der Waals surface area contributed by atoms with Gasteiger partial charge in [-0.1, -0.05) is 30.0 Å². The number of aromatic nitrogens is 2. The van der Waals surface area contributed by atoms with Crippen LogP contribution in [0.15, 0.2) is 33.5 Å². The molecule has 32 heavy (non-hydrogen) atoms. The normalized spacial score (nSPS) is 13.8. The van der Waals surface area contributed by atoms with Crippen LogP contribution in [0.4, 0.5) is 5.13 Å². The fourth-order valence-electron chi connectivity index (χ4n) is 2.68. The Morgan fingerprint density at radius 3 is 2.38 bits per heavy atom. The fraction of sp³-hybridized carbons (Fsp3) is 0.421. The predicted molar refractivity (Wildman–Crippen MR) is 121 cm³/mol. The third-order valence-corrected chi connectivity index (χ3v) is 8.44. The maximum atomic E-state index is 12.3. The Labute approximate surface area is 194 Å². The highest BCUT2D eigenvalue weighted by atomic mass is 32.2. The molecule has 0 bridgehead atoms. The zero-order valence-electron chi connectivity index (χ0n) is 17.8. The van der Waals surface area contributed by atoms with Gasteiger partial charge >= 0.3 is 0 Å². The quantitative estimate of drug-likeness (QED) is 0.410. The smallest absolute Gasteiger partial charge is 0.257 e. The zero-order chi connectivity index (χ0) is 23.5. The number of sulfonamides is 1. The Morgan fingerprint density at radius 1 is 1.16 bits per heavy atom. The summed E-state index contributed by atoms with van der Waals surface area (Å²) < 4.78 is 25.8. The molecule has 0 saturated heterocycles. The minimum absolute atomic E-state index is 0.00654. The maximum absolute atomic E-state index is 12.3. The summed E-state index contributed by atoms with van der Waals surface area (Å²) in [5.74, 6) is -1.22. The van der Waals surface area contributed by atoms with E-state index in [2.05, 4.69) is 15.5 Å². The Morgan fingerprint density at radius 2 is 1.81 bits per heavy atom. The lowest BCUT2D eigenvalue weighted by Gasteiger charge is -2.17. The van der Waals surface area contributed by atoms with Gasteiger partial charge in [0.1, 0.15) is 0 Å². The van der Waals surface area contributed by atoms with Gasteiger partial charge in [0.2, 0.25) is 27.0 Å². The van der Waals surface area contributed by atoms with E-state index in [-0.39, 0.29) is 28.2 Å². The maximum Gasteiger partial charge on any atom is 0.257 e. The lowest BCUT2D eigenvalue weighted by Crippen LogP contribution is -2.32. The van der Waals surface area contributed by atoms with Crippen LogP contribution < -0.4 is 10.2 Å². The Bertz CT molecular complexity index is 1110. The fourth-order valence-corrected chi connectivity index (χ4v) is 5.31. The molecule has 0 spiro atoms. The van der Waals surface area contributed by atoms with Gasteiger partial charge in [-0.25, -0.2) is 12.7 Å². The van der Waals surface area contributed by atoms with Crippen molar-refractivity contribution in [3.63, 3.8) is 0 Å². The van der Waals surface area contributed by atoms with E-state index in [1.54, 1.807) is 11.8 Å². The average molecular weight is 498 g/mol. The van der Waals surface area contributed by atoms with Gasteiger partial charge in [0, 0.05) is 32.1 Å². The molecule has 3 rings (SSSR count). The molecule has 1 fully saturated rings. The molecular weight excluding hydrogens is 474 g/mol. The molecule has 1 aliphatic carbocycles. The molecule has 0 radical (unpaired) electrons. The SMILES string of the molecule is CCC(=O)N(c1nnc(SCC(=O)NC(=O)c2ccc(S(=O)(=O)N(C)C)cc2)s1)C1CC1. The molecule has 1 saturated carbocycles. The summed E-state index contributed by atoms with van der Waals surface area (Å²) in [6.45, 7) is 1.80. The van der Waals surface area contributed by atoms with Gasteiger partial charge in [-0.3, -0.25) is 24.6 Å². The van der Waals surface area contributed by atoms with Crippen molar-refractivity contribution in [2.24, 2.45) is 0 Å². The van der Waals surface area contributed by atoms with Gasteiger partial charge < -0.3 is 0 Å². The summed E-state index contributed by atoms with van der Waals surface area (Å²) in [7, 11) is -0.770. The average Bonchev–Trinajstić information content (AvgIpc) is 3.49. The van der Waals surface area contributed by atoms with E-state index in [9.17, 15) is 22.8 Å². The van der Waals surface area contributed by atoms with E-state index in [1.807, 2.05) is 0 Å². The van der Waals surface area contributed by atoms with Crippen molar-refractivity contribution in [3.8, 4) is 0 Å². The first-order chi connectivity index (χ1) is 15.1. The van der Waals surface area contributed by atoms with Crippen LogP contribution in [0.2, 0.25) is 0 Å². The molecule has 172 valence electrons. The highest BCUT2D eigenvalue weighted by molar-refractivity contribution is 8.01. The summed E-state index contributed by atoms with van der Waals surface area (Å²) in [5.41, 5.74) is 0.164.